The van der Waals surface area contributed by atoms with Crippen LogP contribution >= 0.6 is 0 Å². The van der Waals surface area contributed by atoms with Crippen LogP contribution in [0.1, 0.15) is 47.9 Å². The number of carbonyl (C=O) groups is 2. The van der Waals surface area contributed by atoms with E-state index in [0.717, 1.165) is 29.4 Å². The van der Waals surface area contributed by atoms with Crippen molar-refractivity contribution in [3.05, 3.63) is 102 Å². The Morgan fingerprint density at radius 1 is 1.00 bits per heavy atom. The van der Waals surface area contributed by atoms with Gasteiger partial charge in [0.05, 0.1) is 29.9 Å². The summed E-state index contributed by atoms with van der Waals surface area (Å²) >= 11 is 0. The van der Waals surface area contributed by atoms with Gasteiger partial charge in [-0.25, -0.2) is 13.8 Å². The Morgan fingerprint density at radius 3 is 2.53 bits per heavy atom. The number of halogens is 2. The van der Waals surface area contributed by atoms with Crippen LogP contribution in [0.4, 0.5) is 8.78 Å². The Morgan fingerprint density at radius 2 is 1.76 bits per heavy atom. The molecule has 1 aromatic heterocycles. The highest BCUT2D eigenvalue weighted by molar-refractivity contribution is 5.89. The monoisotopic (exact) mass is 514 g/mol. The Labute approximate surface area is 219 Å². The summed E-state index contributed by atoms with van der Waals surface area (Å²) in [6.07, 6.45) is 2.16. The number of alkyl halides is 1. The third kappa shape index (κ3) is 4.78. The van der Waals surface area contributed by atoms with Crippen LogP contribution in [-0.2, 0) is 16.1 Å². The fourth-order valence-corrected chi connectivity index (χ4v) is 5.37. The first-order chi connectivity index (χ1) is 18.5. The summed E-state index contributed by atoms with van der Waals surface area (Å²) in [5.41, 5.74) is 3.62. The second-order valence-electron chi connectivity index (χ2n) is 10.2. The molecule has 1 saturated heterocycles. The maximum atomic E-state index is 14.9. The van der Waals surface area contributed by atoms with Crippen molar-refractivity contribution in [2.45, 2.75) is 50.0 Å². The summed E-state index contributed by atoms with van der Waals surface area (Å²) in [7, 11) is 0. The molecule has 194 valence electrons. The van der Waals surface area contributed by atoms with Gasteiger partial charge >= 0.3 is 0 Å². The van der Waals surface area contributed by atoms with E-state index in [0.29, 0.717) is 11.1 Å². The van der Waals surface area contributed by atoms with E-state index in [-0.39, 0.29) is 37.2 Å². The third-order valence-electron chi connectivity index (χ3n) is 7.50. The van der Waals surface area contributed by atoms with E-state index in [2.05, 4.69) is 10.3 Å². The molecule has 0 radical (unpaired) electrons. The lowest BCUT2D eigenvalue weighted by molar-refractivity contribution is -0.139. The van der Waals surface area contributed by atoms with Crippen LogP contribution in [0.2, 0.25) is 0 Å². The summed E-state index contributed by atoms with van der Waals surface area (Å²) in [4.78, 5) is 32.5. The Bertz CT molecular complexity index is 1480. The minimum absolute atomic E-state index is 0.0486. The minimum Gasteiger partial charge on any atom is -0.343 e. The van der Waals surface area contributed by atoms with E-state index < -0.39 is 24.2 Å². The lowest BCUT2D eigenvalue weighted by Crippen LogP contribution is -2.47. The second kappa shape index (κ2) is 10.0. The molecular formula is C30H28F2N4O2. The fraction of sp³-hybridized carbons (Fsp3) is 0.300. The van der Waals surface area contributed by atoms with Crippen LogP contribution in [0.5, 0.6) is 0 Å². The van der Waals surface area contributed by atoms with Gasteiger partial charge in [-0.1, -0.05) is 54.6 Å². The zero-order valence-electron chi connectivity index (χ0n) is 20.8. The number of likely N-dealkylation sites (tertiary alicyclic amines) is 1. The molecule has 3 aromatic carbocycles. The molecule has 3 unspecified atom stereocenters. The first kappa shape index (κ1) is 24.3. The minimum atomic E-state index is -1.31. The third-order valence-corrected chi connectivity index (χ3v) is 7.50. The Kier molecular flexibility index (Phi) is 6.39. The van der Waals surface area contributed by atoms with E-state index in [1.165, 1.54) is 11.0 Å². The van der Waals surface area contributed by atoms with Crippen LogP contribution in [0.3, 0.4) is 0 Å². The highest BCUT2D eigenvalue weighted by atomic mass is 19.1. The van der Waals surface area contributed by atoms with Crippen LogP contribution in [-0.4, -0.2) is 45.0 Å². The predicted octanol–water partition coefficient (Wildman–Crippen LogP) is 4.90. The van der Waals surface area contributed by atoms with Crippen molar-refractivity contribution in [3.63, 3.8) is 0 Å². The number of amides is 2. The molecule has 1 saturated carbocycles. The largest absolute Gasteiger partial charge is 0.343 e. The fourth-order valence-electron chi connectivity index (χ4n) is 5.37. The van der Waals surface area contributed by atoms with Crippen LogP contribution in [0, 0.1) is 5.82 Å². The van der Waals surface area contributed by atoms with Gasteiger partial charge in [-0.05, 0) is 53.6 Å². The van der Waals surface area contributed by atoms with E-state index in [1.807, 2.05) is 60.7 Å². The quantitative estimate of drug-likeness (QED) is 0.382. The average Bonchev–Trinajstić information content (AvgIpc) is 3.58. The van der Waals surface area contributed by atoms with Gasteiger partial charge < -0.3 is 14.8 Å². The molecule has 0 spiro atoms. The van der Waals surface area contributed by atoms with Gasteiger partial charge in [0.25, 0.3) is 0 Å². The molecule has 8 heteroatoms. The molecular weight excluding hydrogens is 486 g/mol. The van der Waals surface area contributed by atoms with Gasteiger partial charge in [0.15, 0.2) is 0 Å². The summed E-state index contributed by atoms with van der Waals surface area (Å²) < 4.78 is 31.2. The van der Waals surface area contributed by atoms with E-state index in [4.69, 9.17) is 0 Å². The van der Waals surface area contributed by atoms with Crippen LogP contribution < -0.4 is 5.32 Å². The molecule has 2 amide bonds. The number of aromatic nitrogens is 2. The molecule has 6 nitrogen and oxygen atoms in total. The normalized spacial score (nSPS) is 20.0. The topological polar surface area (TPSA) is 67.2 Å². The smallest absolute Gasteiger partial charge is 0.243 e. The maximum absolute atomic E-state index is 14.9. The van der Waals surface area contributed by atoms with Crippen molar-refractivity contribution in [1.82, 2.24) is 19.8 Å². The number of rotatable bonds is 7. The van der Waals surface area contributed by atoms with E-state index in [9.17, 15) is 18.4 Å². The van der Waals surface area contributed by atoms with E-state index in [1.54, 1.807) is 17.0 Å². The number of carbonyl (C=O) groups excluding carboxylic acids is 2. The lowest BCUT2D eigenvalue weighted by atomic mass is 9.96. The lowest BCUT2D eigenvalue weighted by Gasteiger charge is -2.27. The molecule has 3 atom stereocenters. The highest BCUT2D eigenvalue weighted by Gasteiger charge is 2.40. The molecule has 1 aliphatic carbocycles. The van der Waals surface area contributed by atoms with E-state index >= 15 is 0 Å². The van der Waals surface area contributed by atoms with Crippen molar-refractivity contribution < 1.29 is 18.4 Å². The number of nitrogens with one attached hydrogen (secondary N) is 1. The van der Waals surface area contributed by atoms with Crippen LogP contribution in [0.25, 0.3) is 11.0 Å². The van der Waals surface area contributed by atoms with Crippen molar-refractivity contribution in [3.8, 4) is 0 Å². The molecule has 2 heterocycles. The number of hydrogen-bond donors (Lipinski definition) is 1. The average molecular weight is 515 g/mol. The Hall–Kier alpha value is -4.07. The molecule has 1 N–H and O–H groups in total. The first-order valence-corrected chi connectivity index (χ1v) is 13.0. The molecule has 0 bridgehead atoms. The van der Waals surface area contributed by atoms with Gasteiger partial charge in [0.2, 0.25) is 11.8 Å². The van der Waals surface area contributed by atoms with Gasteiger partial charge in [-0.3, -0.25) is 9.59 Å². The molecule has 38 heavy (non-hydrogen) atoms. The summed E-state index contributed by atoms with van der Waals surface area (Å²) in [5, 5.41) is 2.99. The molecule has 2 aliphatic rings. The predicted molar refractivity (Wildman–Crippen MR) is 140 cm³/mol. The van der Waals surface area contributed by atoms with Crippen molar-refractivity contribution in [2.24, 2.45) is 0 Å². The number of para-hydroxylation sites is 2. The zero-order chi connectivity index (χ0) is 26.2. The maximum Gasteiger partial charge on any atom is 0.243 e. The molecule has 2 fully saturated rings. The van der Waals surface area contributed by atoms with Gasteiger partial charge in [0, 0.05) is 6.42 Å². The summed E-state index contributed by atoms with van der Waals surface area (Å²) in [6.45, 7) is -0.197. The Balaban J connectivity index is 1.24. The molecule has 4 aromatic rings. The number of fused-ring (bicyclic) bond motifs is 1. The van der Waals surface area contributed by atoms with Gasteiger partial charge in [0.1, 0.15) is 24.6 Å². The van der Waals surface area contributed by atoms with Crippen molar-refractivity contribution in [1.29, 1.82) is 0 Å². The zero-order valence-corrected chi connectivity index (χ0v) is 20.8. The highest BCUT2D eigenvalue weighted by Crippen LogP contribution is 2.42. The van der Waals surface area contributed by atoms with Gasteiger partial charge in [-0.2, -0.15) is 0 Å². The van der Waals surface area contributed by atoms with Crippen molar-refractivity contribution in [2.75, 3.05) is 6.54 Å². The van der Waals surface area contributed by atoms with Crippen molar-refractivity contribution >= 4 is 22.8 Å². The number of imidazole rings is 1. The number of nitrogens with zero attached hydrogens (tertiary/aromatic N) is 3. The summed E-state index contributed by atoms with van der Waals surface area (Å²) in [6, 6.07) is 20.2. The number of benzene rings is 3. The standard InChI is InChI=1S/C30H28F2N4O2/c31-22-15-27(36(16-22)28(37)17-35-18-33-25-8-4-5-9-26(25)35)30(38)34-29(20-6-2-1-3-7-20)21-12-13-23(19-10-11-19)24(32)14-21/h1-9,12-14,18-19,22,27,29H,10-11,15-17H2,(H,34,38). The first-order valence-electron chi connectivity index (χ1n) is 13.0. The molecule has 6 rings (SSSR count). The molecule has 1 aliphatic heterocycles. The van der Waals surface area contributed by atoms with Crippen LogP contribution in [0.15, 0.2) is 79.1 Å². The van der Waals surface area contributed by atoms with Gasteiger partial charge in [-0.15, -0.1) is 0 Å². The summed E-state index contributed by atoms with van der Waals surface area (Å²) in [5.74, 6) is -0.839. The second-order valence-corrected chi connectivity index (χ2v) is 10.2. The number of hydrogen-bond acceptors (Lipinski definition) is 3. The SMILES string of the molecule is O=C(NC(c1ccccc1)c1ccc(C2CC2)c(F)c1)C1CC(F)CN1C(=O)Cn1cnc2ccccc21.